The summed E-state index contributed by atoms with van der Waals surface area (Å²) in [5.74, 6) is -0.0259. The van der Waals surface area contributed by atoms with Crippen molar-refractivity contribution >= 4 is 11.9 Å². The Hall–Kier alpha value is -2.87. The molecule has 31 heavy (non-hydrogen) atoms. The number of hydrogen-bond donors (Lipinski definition) is 1. The number of amides is 3. The van der Waals surface area contributed by atoms with E-state index in [9.17, 15) is 9.59 Å². The first-order chi connectivity index (χ1) is 15.1. The molecule has 164 valence electrons. The molecule has 8 nitrogen and oxygen atoms in total. The second-order valence-electron chi connectivity index (χ2n) is 8.82. The van der Waals surface area contributed by atoms with Gasteiger partial charge in [-0.3, -0.25) is 4.79 Å². The fraction of sp³-hybridized carbons (Fsp3) is 0.522. The number of urea groups is 1. The Balaban J connectivity index is 1.30. The molecule has 0 bridgehead atoms. The van der Waals surface area contributed by atoms with Gasteiger partial charge in [0.25, 0.3) is 0 Å². The Morgan fingerprint density at radius 2 is 1.87 bits per heavy atom. The van der Waals surface area contributed by atoms with Crippen LogP contribution < -0.4 is 5.73 Å². The first-order valence-electron chi connectivity index (χ1n) is 11.2. The molecule has 1 aromatic carbocycles. The van der Waals surface area contributed by atoms with Crippen LogP contribution in [0.3, 0.4) is 0 Å². The monoisotopic (exact) mass is 423 g/mol. The van der Waals surface area contributed by atoms with Crippen molar-refractivity contribution in [1.29, 1.82) is 0 Å². The van der Waals surface area contributed by atoms with Gasteiger partial charge in [-0.2, -0.15) is 5.10 Å². The molecule has 1 spiro atoms. The summed E-state index contributed by atoms with van der Waals surface area (Å²) in [5.41, 5.74) is 8.30. The summed E-state index contributed by atoms with van der Waals surface area (Å²) in [4.78, 5) is 28.2. The van der Waals surface area contributed by atoms with Crippen LogP contribution in [0.15, 0.2) is 36.5 Å². The third-order valence-electron chi connectivity index (χ3n) is 6.96. The number of hydrogen-bond acceptors (Lipinski definition) is 4. The smallest absolute Gasteiger partial charge is 0.314 e. The lowest BCUT2D eigenvalue weighted by atomic mass is 9.83. The fourth-order valence-electron chi connectivity index (χ4n) is 5.22. The van der Waals surface area contributed by atoms with Gasteiger partial charge >= 0.3 is 6.03 Å². The van der Waals surface area contributed by atoms with Gasteiger partial charge in [0, 0.05) is 32.4 Å². The highest BCUT2D eigenvalue weighted by Crippen LogP contribution is 2.41. The molecule has 2 saturated heterocycles. The summed E-state index contributed by atoms with van der Waals surface area (Å²) in [6.07, 6.45) is 6.09. The van der Waals surface area contributed by atoms with Crippen LogP contribution in [-0.2, 0) is 21.6 Å². The number of nitrogens with two attached hydrogens (primary N) is 1. The fourth-order valence-corrected chi connectivity index (χ4v) is 5.22. The number of ether oxygens (including phenoxy) is 1. The standard InChI is InChI=1S/C23H29N5O3/c24-22(30)27-11-4-5-18(15-27)21(29)26-12-9-23(10-13-26)20-17(8-14-31-23)16-28(25-20)19-6-2-1-3-7-19/h1-3,6-7,16,18H,4-5,8-15H2,(H2,24,30). The topological polar surface area (TPSA) is 93.7 Å². The Bertz CT molecular complexity index is 965. The summed E-state index contributed by atoms with van der Waals surface area (Å²) < 4.78 is 8.26. The predicted octanol–water partition coefficient (Wildman–Crippen LogP) is 2.05. The van der Waals surface area contributed by atoms with Crippen LogP contribution in [0.1, 0.15) is 36.9 Å². The number of primary amides is 1. The molecule has 0 radical (unpaired) electrons. The predicted molar refractivity (Wildman–Crippen MR) is 115 cm³/mol. The molecule has 1 aromatic heterocycles. The van der Waals surface area contributed by atoms with Gasteiger partial charge < -0.3 is 20.3 Å². The van der Waals surface area contributed by atoms with Gasteiger partial charge in [-0.15, -0.1) is 0 Å². The van der Waals surface area contributed by atoms with Crippen LogP contribution >= 0.6 is 0 Å². The summed E-state index contributed by atoms with van der Waals surface area (Å²) in [7, 11) is 0. The number of rotatable bonds is 2. The van der Waals surface area contributed by atoms with Crippen molar-refractivity contribution < 1.29 is 14.3 Å². The maximum atomic E-state index is 13.1. The molecule has 0 aliphatic carbocycles. The van der Waals surface area contributed by atoms with Crippen molar-refractivity contribution in [3.8, 4) is 5.69 Å². The molecule has 2 fully saturated rings. The normalized spacial score (nSPS) is 22.9. The van der Waals surface area contributed by atoms with E-state index < -0.39 is 11.6 Å². The molecule has 8 heteroatoms. The second kappa shape index (κ2) is 8.00. The Morgan fingerprint density at radius 3 is 2.61 bits per heavy atom. The minimum Gasteiger partial charge on any atom is -0.368 e. The zero-order chi connectivity index (χ0) is 21.4. The van der Waals surface area contributed by atoms with E-state index in [4.69, 9.17) is 15.6 Å². The lowest BCUT2D eigenvalue weighted by Gasteiger charge is -2.44. The largest absolute Gasteiger partial charge is 0.368 e. The molecule has 4 heterocycles. The molecule has 1 atom stereocenters. The van der Waals surface area contributed by atoms with Crippen molar-refractivity contribution in [1.82, 2.24) is 19.6 Å². The van der Waals surface area contributed by atoms with Gasteiger partial charge in [0.2, 0.25) is 5.91 Å². The molecular formula is C23H29N5O3. The van der Waals surface area contributed by atoms with Crippen LogP contribution in [0, 0.1) is 5.92 Å². The number of benzene rings is 1. The third-order valence-corrected chi connectivity index (χ3v) is 6.96. The van der Waals surface area contributed by atoms with Crippen molar-refractivity contribution in [2.24, 2.45) is 11.7 Å². The van der Waals surface area contributed by atoms with E-state index >= 15 is 0 Å². The highest BCUT2D eigenvalue weighted by molar-refractivity contribution is 5.80. The van der Waals surface area contributed by atoms with E-state index in [0.29, 0.717) is 32.8 Å². The molecule has 5 rings (SSSR count). The van der Waals surface area contributed by atoms with Gasteiger partial charge in [-0.1, -0.05) is 18.2 Å². The van der Waals surface area contributed by atoms with Crippen molar-refractivity contribution in [3.63, 3.8) is 0 Å². The first kappa shape index (κ1) is 20.1. The van der Waals surface area contributed by atoms with E-state index in [1.807, 2.05) is 39.9 Å². The molecule has 3 aliphatic rings. The van der Waals surface area contributed by atoms with E-state index in [1.54, 1.807) is 4.90 Å². The number of fused-ring (bicyclic) bond motifs is 2. The SMILES string of the molecule is NC(=O)N1CCCC(C(=O)N2CCC3(CC2)OCCc2cn(-c4ccccc4)nc23)C1. The van der Waals surface area contributed by atoms with E-state index in [0.717, 1.165) is 43.5 Å². The summed E-state index contributed by atoms with van der Waals surface area (Å²) >= 11 is 0. The average Bonchev–Trinajstić information content (AvgIpc) is 3.26. The maximum Gasteiger partial charge on any atom is 0.314 e. The van der Waals surface area contributed by atoms with Crippen LogP contribution in [0.5, 0.6) is 0 Å². The van der Waals surface area contributed by atoms with Crippen LogP contribution in [0.2, 0.25) is 0 Å². The molecule has 3 aliphatic heterocycles. The minimum absolute atomic E-state index is 0.131. The van der Waals surface area contributed by atoms with Gasteiger partial charge in [-0.05, 0) is 49.8 Å². The van der Waals surface area contributed by atoms with Crippen LogP contribution in [0.4, 0.5) is 4.79 Å². The highest BCUT2D eigenvalue weighted by atomic mass is 16.5. The maximum absolute atomic E-state index is 13.1. The van der Waals surface area contributed by atoms with Crippen molar-refractivity contribution in [2.75, 3.05) is 32.8 Å². The van der Waals surface area contributed by atoms with E-state index in [-0.39, 0.29) is 11.8 Å². The van der Waals surface area contributed by atoms with Gasteiger partial charge in [0.1, 0.15) is 5.60 Å². The highest BCUT2D eigenvalue weighted by Gasteiger charge is 2.45. The number of para-hydroxylation sites is 1. The second-order valence-corrected chi connectivity index (χ2v) is 8.82. The van der Waals surface area contributed by atoms with Crippen molar-refractivity contribution in [3.05, 3.63) is 47.8 Å². The Kier molecular flexibility index (Phi) is 5.17. The van der Waals surface area contributed by atoms with Gasteiger partial charge in [-0.25, -0.2) is 9.48 Å². The van der Waals surface area contributed by atoms with Crippen LogP contribution in [0.25, 0.3) is 5.69 Å². The van der Waals surface area contributed by atoms with Crippen molar-refractivity contribution in [2.45, 2.75) is 37.7 Å². The van der Waals surface area contributed by atoms with Crippen LogP contribution in [-0.4, -0.2) is 64.3 Å². The molecule has 3 amide bonds. The third kappa shape index (κ3) is 3.69. The number of nitrogens with zero attached hydrogens (tertiary/aromatic N) is 4. The van der Waals surface area contributed by atoms with E-state index in [2.05, 4.69) is 6.20 Å². The Labute approximate surface area is 181 Å². The molecule has 0 saturated carbocycles. The molecule has 1 unspecified atom stereocenters. The molecular weight excluding hydrogens is 394 g/mol. The lowest BCUT2D eigenvalue weighted by molar-refractivity contribution is -0.146. The number of carbonyl (C=O) groups excluding carboxylic acids is 2. The van der Waals surface area contributed by atoms with E-state index in [1.165, 1.54) is 5.56 Å². The number of piperidine rings is 2. The first-order valence-corrected chi connectivity index (χ1v) is 11.2. The average molecular weight is 424 g/mol. The number of carbonyl (C=O) groups is 2. The lowest BCUT2D eigenvalue weighted by Crippen LogP contribution is -2.52. The zero-order valence-corrected chi connectivity index (χ0v) is 17.7. The van der Waals surface area contributed by atoms with Gasteiger partial charge in [0.05, 0.1) is 23.9 Å². The number of aromatic nitrogens is 2. The zero-order valence-electron chi connectivity index (χ0n) is 17.7. The summed E-state index contributed by atoms with van der Waals surface area (Å²) in [6, 6.07) is 9.68. The quantitative estimate of drug-likeness (QED) is 0.800. The summed E-state index contributed by atoms with van der Waals surface area (Å²) in [5, 5.41) is 4.92. The summed E-state index contributed by atoms with van der Waals surface area (Å²) in [6.45, 7) is 3.03. The molecule has 2 aromatic rings. The van der Waals surface area contributed by atoms with Gasteiger partial charge in [0.15, 0.2) is 0 Å². The Morgan fingerprint density at radius 1 is 1.10 bits per heavy atom. The number of likely N-dealkylation sites (tertiary alicyclic amines) is 2. The molecule has 2 N–H and O–H groups in total. The minimum atomic E-state index is -0.438.